The lowest BCUT2D eigenvalue weighted by Gasteiger charge is -2.32. The number of carbonyl (C=O) groups excluding carboxylic acids is 1. The Morgan fingerprint density at radius 3 is 2.68 bits per heavy atom. The quantitative estimate of drug-likeness (QED) is 0.748. The molecule has 1 amide bonds. The molecule has 2 unspecified atom stereocenters. The van der Waals surface area contributed by atoms with Gasteiger partial charge in [0.25, 0.3) is 0 Å². The van der Waals surface area contributed by atoms with Crippen LogP contribution in [0.2, 0.25) is 0 Å². The predicted molar refractivity (Wildman–Crippen MR) is 74.9 cm³/mol. The third-order valence-electron chi connectivity index (χ3n) is 4.32. The molecule has 1 heterocycles. The number of amides is 1. The van der Waals surface area contributed by atoms with E-state index in [-0.39, 0.29) is 12.0 Å². The molecule has 2 atom stereocenters. The van der Waals surface area contributed by atoms with E-state index < -0.39 is 0 Å². The number of nitrogens with zero attached hydrogens (tertiary/aromatic N) is 2. The van der Waals surface area contributed by atoms with Gasteiger partial charge in [-0.1, -0.05) is 6.42 Å². The zero-order valence-electron chi connectivity index (χ0n) is 12.0. The van der Waals surface area contributed by atoms with Crippen molar-refractivity contribution in [2.75, 3.05) is 46.3 Å². The number of piperazine rings is 1. The van der Waals surface area contributed by atoms with Gasteiger partial charge in [0, 0.05) is 26.2 Å². The Bertz CT molecular complexity index is 290. The minimum absolute atomic E-state index is 0.131. The molecule has 0 aromatic heterocycles. The van der Waals surface area contributed by atoms with Crippen LogP contribution in [-0.2, 0) is 4.79 Å². The number of nitrogens with one attached hydrogen (secondary N) is 1. The van der Waals surface area contributed by atoms with Crippen molar-refractivity contribution in [1.82, 2.24) is 15.1 Å². The molecule has 5 heteroatoms. The lowest BCUT2D eigenvalue weighted by atomic mass is 9.87. The molecular weight excluding hydrogens is 242 g/mol. The summed E-state index contributed by atoms with van der Waals surface area (Å²) in [4.78, 5) is 16.2. The van der Waals surface area contributed by atoms with E-state index in [1.807, 2.05) is 4.90 Å². The van der Waals surface area contributed by atoms with Gasteiger partial charge >= 0.3 is 0 Å². The van der Waals surface area contributed by atoms with Crippen molar-refractivity contribution in [3.05, 3.63) is 0 Å². The van der Waals surface area contributed by atoms with Crippen molar-refractivity contribution in [3.8, 4) is 0 Å². The average Bonchev–Trinajstić information content (AvgIpc) is 2.39. The van der Waals surface area contributed by atoms with Crippen LogP contribution in [0.3, 0.4) is 0 Å². The van der Waals surface area contributed by atoms with Gasteiger partial charge in [0.1, 0.15) is 0 Å². The van der Waals surface area contributed by atoms with Gasteiger partial charge in [-0.15, -0.1) is 0 Å². The maximum atomic E-state index is 12.0. The Labute approximate surface area is 115 Å². The Hall–Kier alpha value is -0.650. The van der Waals surface area contributed by atoms with Crippen molar-refractivity contribution in [3.63, 3.8) is 0 Å². The first kappa shape index (κ1) is 14.8. The van der Waals surface area contributed by atoms with E-state index in [2.05, 4.69) is 17.3 Å². The second kappa shape index (κ2) is 7.22. The van der Waals surface area contributed by atoms with E-state index in [0.717, 1.165) is 52.0 Å². The highest BCUT2D eigenvalue weighted by Crippen LogP contribution is 2.23. The summed E-state index contributed by atoms with van der Waals surface area (Å²) in [5.74, 6) is 0.744. The van der Waals surface area contributed by atoms with E-state index in [0.29, 0.717) is 12.5 Å². The van der Waals surface area contributed by atoms with E-state index >= 15 is 0 Å². The number of likely N-dealkylation sites (N-methyl/N-ethyl adjacent to an activating group) is 1. The van der Waals surface area contributed by atoms with Crippen molar-refractivity contribution >= 4 is 5.91 Å². The lowest BCUT2D eigenvalue weighted by molar-refractivity contribution is -0.131. The number of aliphatic hydroxyl groups is 1. The SMILES string of the molecule is CN1CCN(C(=O)CNCC2CCCC(O)C2)CC1. The molecule has 0 aromatic carbocycles. The standard InChI is InChI=1S/C14H27N3O2/c1-16-5-7-17(8-6-16)14(19)11-15-10-12-3-2-4-13(18)9-12/h12-13,15,18H,2-11H2,1H3. The molecule has 19 heavy (non-hydrogen) atoms. The van der Waals surface area contributed by atoms with Gasteiger partial charge in [0.15, 0.2) is 0 Å². The smallest absolute Gasteiger partial charge is 0.236 e. The highest BCUT2D eigenvalue weighted by Gasteiger charge is 2.21. The van der Waals surface area contributed by atoms with Gasteiger partial charge in [0.05, 0.1) is 12.6 Å². The normalized spacial score (nSPS) is 29.5. The summed E-state index contributed by atoms with van der Waals surface area (Å²) in [6, 6.07) is 0. The third-order valence-corrected chi connectivity index (χ3v) is 4.32. The van der Waals surface area contributed by atoms with Crippen LogP contribution in [0.4, 0.5) is 0 Å². The third kappa shape index (κ3) is 4.75. The second-order valence-corrected chi connectivity index (χ2v) is 6.00. The summed E-state index contributed by atoms with van der Waals surface area (Å²) < 4.78 is 0. The minimum Gasteiger partial charge on any atom is -0.393 e. The molecular formula is C14H27N3O2. The molecule has 0 aromatic rings. The number of hydrogen-bond donors (Lipinski definition) is 2. The average molecular weight is 269 g/mol. The van der Waals surface area contributed by atoms with Crippen LogP contribution >= 0.6 is 0 Å². The number of rotatable bonds is 4. The fourth-order valence-electron chi connectivity index (χ4n) is 3.00. The first-order valence-electron chi connectivity index (χ1n) is 7.50. The molecule has 1 aliphatic carbocycles. The summed E-state index contributed by atoms with van der Waals surface area (Å²) in [7, 11) is 2.09. The number of aliphatic hydroxyl groups excluding tert-OH is 1. The van der Waals surface area contributed by atoms with Crippen molar-refractivity contribution in [2.45, 2.75) is 31.8 Å². The van der Waals surface area contributed by atoms with E-state index in [4.69, 9.17) is 0 Å². The fourth-order valence-corrected chi connectivity index (χ4v) is 3.00. The van der Waals surface area contributed by atoms with Crippen LogP contribution in [0.15, 0.2) is 0 Å². The Morgan fingerprint density at radius 1 is 1.26 bits per heavy atom. The van der Waals surface area contributed by atoms with Gasteiger partial charge in [-0.25, -0.2) is 0 Å². The molecule has 0 bridgehead atoms. The second-order valence-electron chi connectivity index (χ2n) is 6.00. The molecule has 2 aliphatic rings. The van der Waals surface area contributed by atoms with Gasteiger partial charge in [-0.3, -0.25) is 4.79 Å². The van der Waals surface area contributed by atoms with Crippen LogP contribution in [0.5, 0.6) is 0 Å². The highest BCUT2D eigenvalue weighted by molar-refractivity contribution is 5.78. The molecule has 5 nitrogen and oxygen atoms in total. The fraction of sp³-hybridized carbons (Fsp3) is 0.929. The zero-order valence-corrected chi connectivity index (χ0v) is 12.0. The number of carbonyl (C=O) groups is 1. The van der Waals surface area contributed by atoms with Crippen LogP contribution < -0.4 is 5.32 Å². The number of hydrogen-bond acceptors (Lipinski definition) is 4. The maximum absolute atomic E-state index is 12.0. The van der Waals surface area contributed by atoms with Crippen molar-refractivity contribution in [2.24, 2.45) is 5.92 Å². The predicted octanol–water partition coefficient (Wildman–Crippen LogP) is -0.0989. The van der Waals surface area contributed by atoms with Crippen LogP contribution in [-0.4, -0.2) is 73.2 Å². The van der Waals surface area contributed by atoms with Crippen LogP contribution in [0.1, 0.15) is 25.7 Å². The summed E-state index contributed by atoms with van der Waals surface area (Å²) >= 11 is 0. The molecule has 0 radical (unpaired) electrons. The minimum atomic E-state index is -0.131. The first-order valence-corrected chi connectivity index (χ1v) is 7.50. The molecule has 2 N–H and O–H groups in total. The van der Waals surface area contributed by atoms with E-state index in [1.54, 1.807) is 0 Å². The van der Waals surface area contributed by atoms with Crippen molar-refractivity contribution < 1.29 is 9.90 Å². The molecule has 1 saturated carbocycles. The van der Waals surface area contributed by atoms with Crippen LogP contribution in [0.25, 0.3) is 0 Å². The summed E-state index contributed by atoms with van der Waals surface area (Å²) in [5.41, 5.74) is 0. The van der Waals surface area contributed by atoms with E-state index in [1.165, 1.54) is 6.42 Å². The maximum Gasteiger partial charge on any atom is 0.236 e. The monoisotopic (exact) mass is 269 g/mol. The van der Waals surface area contributed by atoms with Crippen LogP contribution in [0, 0.1) is 5.92 Å². The zero-order chi connectivity index (χ0) is 13.7. The molecule has 0 spiro atoms. The Morgan fingerprint density at radius 2 is 2.00 bits per heavy atom. The summed E-state index contributed by atoms with van der Waals surface area (Å²) in [6.07, 6.45) is 3.98. The van der Waals surface area contributed by atoms with Crippen molar-refractivity contribution in [1.29, 1.82) is 0 Å². The van der Waals surface area contributed by atoms with Gasteiger partial charge in [-0.05, 0) is 38.8 Å². The largest absolute Gasteiger partial charge is 0.393 e. The highest BCUT2D eigenvalue weighted by atomic mass is 16.3. The van der Waals surface area contributed by atoms with Gasteiger partial charge in [0.2, 0.25) is 5.91 Å². The molecule has 1 aliphatic heterocycles. The molecule has 2 fully saturated rings. The lowest BCUT2D eigenvalue weighted by Crippen LogP contribution is -2.49. The van der Waals surface area contributed by atoms with Gasteiger partial charge in [-0.2, -0.15) is 0 Å². The topological polar surface area (TPSA) is 55.8 Å². The van der Waals surface area contributed by atoms with E-state index in [9.17, 15) is 9.90 Å². The molecule has 2 rings (SSSR count). The first-order chi connectivity index (χ1) is 9.15. The Balaban J connectivity index is 1.61. The molecule has 110 valence electrons. The van der Waals surface area contributed by atoms with Gasteiger partial charge < -0.3 is 20.2 Å². The summed E-state index contributed by atoms with van der Waals surface area (Å²) in [6.45, 7) is 4.94. The summed E-state index contributed by atoms with van der Waals surface area (Å²) in [5, 5.41) is 12.9. The molecule has 1 saturated heterocycles. The Kier molecular flexibility index (Phi) is 5.60.